The topological polar surface area (TPSA) is 53.4 Å². The molecule has 1 aromatic heterocycles. The van der Waals surface area contributed by atoms with Crippen LogP contribution >= 0.6 is 0 Å². The Morgan fingerprint density at radius 2 is 2.45 bits per heavy atom. The molecule has 0 atom stereocenters. The third kappa shape index (κ3) is 0.893. The summed E-state index contributed by atoms with van der Waals surface area (Å²) in [4.78, 5) is 8.02. The molecule has 11 heavy (non-hydrogen) atoms. The number of nitrogens with one attached hydrogen (secondary N) is 1. The molecule has 1 aromatic rings. The first-order chi connectivity index (χ1) is 5.38. The molecule has 0 amide bonds. The van der Waals surface area contributed by atoms with Gasteiger partial charge in [-0.2, -0.15) is 10.1 Å². The molecule has 54 valence electrons. The summed E-state index contributed by atoms with van der Waals surface area (Å²) in [7, 11) is 0. The Hall–Kier alpha value is -1.67. The van der Waals surface area contributed by atoms with Crippen LogP contribution < -0.4 is 0 Å². The standard InChI is InChI=1S/C7H6N4/c1-5-6-4-10-11-7(6)9-3-2-8-5/h2,4H,1H3,(H,10,11). The molecule has 4 nitrogen and oxygen atoms in total. The highest BCUT2D eigenvalue weighted by Gasteiger charge is 2.06. The first kappa shape index (κ1) is 6.07. The number of aromatic nitrogens is 2. The Balaban J connectivity index is 2.70. The minimum Gasteiger partial charge on any atom is -0.260 e. The van der Waals surface area contributed by atoms with E-state index < -0.39 is 0 Å². The molecule has 2 rings (SSSR count). The second kappa shape index (κ2) is 2.18. The minimum atomic E-state index is 0.722. The number of nitrogens with zero attached hydrogens (tertiary/aromatic N) is 3. The zero-order valence-corrected chi connectivity index (χ0v) is 6.00. The molecule has 0 saturated heterocycles. The molecule has 0 unspecified atom stereocenters. The van der Waals surface area contributed by atoms with Gasteiger partial charge in [0.05, 0.1) is 23.7 Å². The maximum absolute atomic E-state index is 4.06. The SMILES string of the molecule is CC1=NC=C=Nc2[nH]ncc21. The van der Waals surface area contributed by atoms with Gasteiger partial charge in [-0.15, -0.1) is 0 Å². The van der Waals surface area contributed by atoms with Crippen LogP contribution in [-0.2, 0) is 0 Å². The summed E-state index contributed by atoms with van der Waals surface area (Å²) in [5.41, 5.74) is 1.84. The summed E-state index contributed by atoms with van der Waals surface area (Å²) in [5, 5.41) is 6.59. The molecule has 0 aromatic carbocycles. The summed E-state index contributed by atoms with van der Waals surface area (Å²) in [6.45, 7) is 1.91. The Kier molecular flexibility index (Phi) is 1.20. The first-order valence-electron chi connectivity index (χ1n) is 3.24. The molecule has 0 spiro atoms. The van der Waals surface area contributed by atoms with Gasteiger partial charge in [0.15, 0.2) is 5.82 Å². The fourth-order valence-corrected chi connectivity index (χ4v) is 0.918. The summed E-state index contributed by atoms with van der Waals surface area (Å²) >= 11 is 0. The van der Waals surface area contributed by atoms with Crippen molar-refractivity contribution in [2.75, 3.05) is 0 Å². The number of rotatable bonds is 0. The van der Waals surface area contributed by atoms with Crippen LogP contribution in [0.25, 0.3) is 0 Å². The lowest BCUT2D eigenvalue weighted by molar-refractivity contribution is 1.08. The van der Waals surface area contributed by atoms with Crippen molar-refractivity contribution in [2.45, 2.75) is 6.92 Å². The van der Waals surface area contributed by atoms with Crippen LogP contribution in [0.4, 0.5) is 5.82 Å². The molecule has 1 aliphatic rings. The van der Waals surface area contributed by atoms with E-state index in [0.717, 1.165) is 17.1 Å². The van der Waals surface area contributed by atoms with Crippen molar-refractivity contribution < 1.29 is 0 Å². The van der Waals surface area contributed by atoms with Gasteiger partial charge in [0.1, 0.15) is 0 Å². The highest BCUT2D eigenvalue weighted by atomic mass is 15.2. The van der Waals surface area contributed by atoms with Crippen LogP contribution in [0.2, 0.25) is 0 Å². The Morgan fingerprint density at radius 3 is 3.36 bits per heavy atom. The van der Waals surface area contributed by atoms with Crippen LogP contribution in [0.1, 0.15) is 12.5 Å². The lowest BCUT2D eigenvalue weighted by Gasteiger charge is -1.91. The summed E-state index contributed by atoms with van der Waals surface area (Å²) < 4.78 is 0. The largest absolute Gasteiger partial charge is 0.260 e. The van der Waals surface area contributed by atoms with Gasteiger partial charge in [0.2, 0.25) is 0 Å². The van der Waals surface area contributed by atoms with Crippen molar-refractivity contribution in [3.8, 4) is 0 Å². The third-order valence-electron chi connectivity index (χ3n) is 1.50. The average Bonchev–Trinajstić information content (AvgIpc) is 2.40. The predicted molar refractivity (Wildman–Crippen MR) is 42.5 cm³/mol. The van der Waals surface area contributed by atoms with Crippen molar-refractivity contribution in [2.24, 2.45) is 9.98 Å². The fourth-order valence-electron chi connectivity index (χ4n) is 0.918. The zero-order valence-electron chi connectivity index (χ0n) is 6.00. The normalized spacial score (nSPS) is 14.1. The number of aliphatic imine (C=N–C) groups is 2. The van der Waals surface area contributed by atoms with Gasteiger partial charge >= 0.3 is 0 Å². The number of fused-ring (bicyclic) bond motifs is 1. The molecule has 0 radical (unpaired) electrons. The van der Waals surface area contributed by atoms with Crippen LogP contribution in [0, 0.1) is 0 Å². The monoisotopic (exact) mass is 146 g/mol. The van der Waals surface area contributed by atoms with Crippen molar-refractivity contribution in [3.63, 3.8) is 0 Å². The van der Waals surface area contributed by atoms with Gasteiger partial charge in [-0.3, -0.25) is 10.1 Å². The Labute approximate surface area is 63.4 Å². The van der Waals surface area contributed by atoms with E-state index in [1.807, 2.05) is 6.92 Å². The molecule has 0 saturated carbocycles. The van der Waals surface area contributed by atoms with Crippen LogP contribution in [-0.4, -0.2) is 21.8 Å². The van der Waals surface area contributed by atoms with E-state index in [1.165, 1.54) is 0 Å². The fraction of sp³-hybridized carbons (Fsp3) is 0.143. The molecule has 1 aliphatic heterocycles. The van der Waals surface area contributed by atoms with E-state index in [-0.39, 0.29) is 0 Å². The van der Waals surface area contributed by atoms with Crippen LogP contribution in [0.3, 0.4) is 0 Å². The molecule has 0 fully saturated rings. The summed E-state index contributed by atoms with van der Waals surface area (Å²) in [5.74, 6) is 3.38. The molecule has 1 N–H and O–H groups in total. The van der Waals surface area contributed by atoms with E-state index in [4.69, 9.17) is 0 Å². The third-order valence-corrected chi connectivity index (χ3v) is 1.50. The summed E-state index contributed by atoms with van der Waals surface area (Å²) in [6.07, 6.45) is 3.25. The average molecular weight is 146 g/mol. The van der Waals surface area contributed by atoms with Crippen molar-refractivity contribution >= 4 is 17.4 Å². The Morgan fingerprint density at radius 1 is 1.55 bits per heavy atom. The highest BCUT2D eigenvalue weighted by Crippen LogP contribution is 2.16. The molecular weight excluding hydrogens is 140 g/mol. The number of aromatic amines is 1. The van der Waals surface area contributed by atoms with Gasteiger partial charge in [-0.25, -0.2) is 0 Å². The molecule has 0 bridgehead atoms. The van der Waals surface area contributed by atoms with E-state index in [9.17, 15) is 0 Å². The van der Waals surface area contributed by atoms with Crippen LogP contribution in [0.5, 0.6) is 0 Å². The number of hydrogen-bond donors (Lipinski definition) is 1. The maximum Gasteiger partial charge on any atom is 0.166 e. The first-order valence-corrected chi connectivity index (χ1v) is 3.24. The predicted octanol–water partition coefficient (Wildman–Crippen LogP) is 1.05. The van der Waals surface area contributed by atoms with E-state index in [2.05, 4.69) is 26.1 Å². The Bertz CT molecular complexity index is 366. The quantitative estimate of drug-likeness (QED) is 0.584. The molecular formula is C7H6N4. The highest BCUT2D eigenvalue weighted by molar-refractivity contribution is 6.03. The smallest absolute Gasteiger partial charge is 0.166 e. The lowest BCUT2D eigenvalue weighted by Crippen LogP contribution is -1.89. The second-order valence-electron chi connectivity index (χ2n) is 2.22. The maximum atomic E-state index is 4.06. The summed E-state index contributed by atoms with van der Waals surface area (Å²) in [6, 6.07) is 0. The van der Waals surface area contributed by atoms with E-state index >= 15 is 0 Å². The molecule has 0 aliphatic carbocycles. The minimum absolute atomic E-state index is 0.722. The van der Waals surface area contributed by atoms with E-state index in [0.29, 0.717) is 0 Å². The number of H-pyrrole nitrogens is 1. The zero-order chi connectivity index (χ0) is 7.68. The van der Waals surface area contributed by atoms with Crippen molar-refractivity contribution in [3.05, 3.63) is 18.0 Å². The lowest BCUT2D eigenvalue weighted by atomic mass is 10.2. The van der Waals surface area contributed by atoms with Gasteiger partial charge in [-0.1, -0.05) is 0 Å². The number of hydrogen-bond acceptors (Lipinski definition) is 3. The van der Waals surface area contributed by atoms with Gasteiger partial charge < -0.3 is 0 Å². The molecule has 2 heterocycles. The van der Waals surface area contributed by atoms with Gasteiger partial charge in [-0.05, 0) is 6.92 Å². The van der Waals surface area contributed by atoms with Crippen molar-refractivity contribution in [1.29, 1.82) is 0 Å². The molecule has 4 heteroatoms. The van der Waals surface area contributed by atoms with Crippen LogP contribution in [0.15, 0.2) is 22.4 Å². The van der Waals surface area contributed by atoms with E-state index in [1.54, 1.807) is 12.4 Å². The van der Waals surface area contributed by atoms with Gasteiger partial charge in [0.25, 0.3) is 0 Å². The van der Waals surface area contributed by atoms with Gasteiger partial charge in [0, 0.05) is 5.87 Å². The second-order valence-corrected chi connectivity index (χ2v) is 2.22. The van der Waals surface area contributed by atoms with Crippen molar-refractivity contribution in [1.82, 2.24) is 10.2 Å².